The number of benzene rings is 3. The second kappa shape index (κ2) is 7.32. The molecule has 0 unspecified atom stereocenters. The van der Waals surface area contributed by atoms with Gasteiger partial charge in [-0.05, 0) is 23.8 Å². The summed E-state index contributed by atoms with van der Waals surface area (Å²) in [5.41, 5.74) is 2.74. The predicted octanol–water partition coefficient (Wildman–Crippen LogP) is 4.61. The van der Waals surface area contributed by atoms with Crippen LogP contribution in [0.2, 0.25) is 5.02 Å². The van der Waals surface area contributed by atoms with E-state index in [1.54, 1.807) is 66.7 Å². The van der Waals surface area contributed by atoms with Gasteiger partial charge in [0.2, 0.25) is 10.0 Å². The summed E-state index contributed by atoms with van der Waals surface area (Å²) in [6.45, 7) is 0. The average Bonchev–Trinajstić information content (AvgIpc) is 2.61. The number of ketones is 1. The largest absolute Gasteiger partial charge is 0.289 e. The summed E-state index contributed by atoms with van der Waals surface area (Å²) in [6.07, 6.45) is 1.07. The standard InChI is InChI=1S/C20H16ClNO3S/c1-26(24,25)22-19-13-16(20(23)15-5-3-2-4-6-15)9-12-18(19)14-7-10-17(21)11-8-14/h2-13,22H,1H3. The molecule has 0 aromatic heterocycles. The van der Waals surface area contributed by atoms with E-state index in [4.69, 9.17) is 11.6 Å². The highest BCUT2D eigenvalue weighted by Crippen LogP contribution is 2.31. The number of hydrogen-bond donors (Lipinski definition) is 1. The third kappa shape index (κ3) is 4.31. The molecule has 0 saturated heterocycles. The predicted molar refractivity (Wildman–Crippen MR) is 105 cm³/mol. The molecule has 6 heteroatoms. The summed E-state index contributed by atoms with van der Waals surface area (Å²) in [5, 5.41) is 0.585. The zero-order chi connectivity index (χ0) is 18.7. The average molecular weight is 386 g/mol. The van der Waals surface area contributed by atoms with Crippen LogP contribution in [0.15, 0.2) is 72.8 Å². The lowest BCUT2D eigenvalue weighted by molar-refractivity contribution is 0.103. The Morgan fingerprint density at radius 2 is 1.54 bits per heavy atom. The zero-order valence-corrected chi connectivity index (χ0v) is 15.5. The van der Waals surface area contributed by atoms with Gasteiger partial charge >= 0.3 is 0 Å². The fourth-order valence-electron chi connectivity index (χ4n) is 2.61. The van der Waals surface area contributed by atoms with Crippen molar-refractivity contribution < 1.29 is 13.2 Å². The van der Waals surface area contributed by atoms with Crippen LogP contribution in [0, 0.1) is 0 Å². The van der Waals surface area contributed by atoms with Crippen LogP contribution in [0.5, 0.6) is 0 Å². The minimum atomic E-state index is -3.51. The molecular weight excluding hydrogens is 370 g/mol. The van der Waals surface area contributed by atoms with Crippen LogP contribution in [-0.4, -0.2) is 20.5 Å². The van der Waals surface area contributed by atoms with Gasteiger partial charge in [-0.3, -0.25) is 9.52 Å². The van der Waals surface area contributed by atoms with Crippen molar-refractivity contribution in [2.24, 2.45) is 0 Å². The topological polar surface area (TPSA) is 63.2 Å². The fraction of sp³-hybridized carbons (Fsp3) is 0.0500. The van der Waals surface area contributed by atoms with Gasteiger partial charge in [0.15, 0.2) is 5.78 Å². The highest BCUT2D eigenvalue weighted by atomic mass is 35.5. The highest BCUT2D eigenvalue weighted by Gasteiger charge is 2.15. The molecule has 0 radical (unpaired) electrons. The van der Waals surface area contributed by atoms with Crippen molar-refractivity contribution in [1.29, 1.82) is 0 Å². The molecule has 1 N–H and O–H groups in total. The second-order valence-corrected chi connectivity index (χ2v) is 8.02. The second-order valence-electron chi connectivity index (χ2n) is 5.84. The van der Waals surface area contributed by atoms with Crippen LogP contribution in [0.4, 0.5) is 5.69 Å². The van der Waals surface area contributed by atoms with Gasteiger partial charge in [-0.2, -0.15) is 0 Å². The molecule has 26 heavy (non-hydrogen) atoms. The maximum absolute atomic E-state index is 12.7. The molecule has 0 aliphatic heterocycles. The lowest BCUT2D eigenvalue weighted by atomic mass is 9.98. The zero-order valence-electron chi connectivity index (χ0n) is 13.9. The Morgan fingerprint density at radius 3 is 2.15 bits per heavy atom. The first-order chi connectivity index (χ1) is 12.3. The summed E-state index contributed by atoms with van der Waals surface area (Å²) >= 11 is 5.92. The van der Waals surface area contributed by atoms with Gasteiger partial charge < -0.3 is 0 Å². The molecule has 3 aromatic rings. The molecule has 0 fully saturated rings. The smallest absolute Gasteiger partial charge is 0.229 e. The molecule has 132 valence electrons. The number of carbonyl (C=O) groups excluding carboxylic acids is 1. The number of rotatable bonds is 5. The van der Waals surface area contributed by atoms with E-state index in [9.17, 15) is 13.2 Å². The minimum absolute atomic E-state index is 0.176. The fourth-order valence-corrected chi connectivity index (χ4v) is 3.30. The van der Waals surface area contributed by atoms with Crippen LogP contribution < -0.4 is 4.72 Å². The lowest BCUT2D eigenvalue weighted by Crippen LogP contribution is -2.11. The van der Waals surface area contributed by atoms with Crippen molar-refractivity contribution in [2.75, 3.05) is 11.0 Å². The summed E-state index contributed by atoms with van der Waals surface area (Å²) in [6, 6.07) is 20.9. The summed E-state index contributed by atoms with van der Waals surface area (Å²) in [4.78, 5) is 12.7. The molecule has 4 nitrogen and oxygen atoms in total. The van der Waals surface area contributed by atoms with Crippen LogP contribution in [-0.2, 0) is 10.0 Å². The SMILES string of the molecule is CS(=O)(=O)Nc1cc(C(=O)c2ccccc2)ccc1-c1ccc(Cl)cc1. The number of hydrogen-bond acceptors (Lipinski definition) is 3. The van der Waals surface area contributed by atoms with Gasteiger partial charge in [-0.15, -0.1) is 0 Å². The van der Waals surface area contributed by atoms with Gasteiger partial charge in [-0.1, -0.05) is 66.2 Å². The molecular formula is C20H16ClNO3S. The van der Waals surface area contributed by atoms with Crippen LogP contribution in [0.3, 0.4) is 0 Å². The maximum atomic E-state index is 12.7. The monoisotopic (exact) mass is 385 g/mol. The Balaban J connectivity index is 2.09. The first kappa shape index (κ1) is 18.2. The number of sulfonamides is 1. The Labute approximate surface area is 157 Å². The molecule has 0 aliphatic rings. The molecule has 3 aromatic carbocycles. The van der Waals surface area contributed by atoms with Gasteiger partial charge in [0, 0.05) is 21.7 Å². The minimum Gasteiger partial charge on any atom is -0.289 e. The van der Waals surface area contributed by atoms with Crippen molar-refractivity contribution >= 4 is 33.1 Å². The molecule has 0 aliphatic carbocycles. The molecule has 0 saturated carbocycles. The number of carbonyl (C=O) groups is 1. The van der Waals surface area contributed by atoms with Crippen molar-refractivity contribution in [3.05, 3.63) is 88.9 Å². The van der Waals surface area contributed by atoms with Crippen molar-refractivity contribution in [2.45, 2.75) is 0 Å². The normalized spacial score (nSPS) is 11.2. The van der Waals surface area contributed by atoms with Gasteiger partial charge in [0.1, 0.15) is 0 Å². The van der Waals surface area contributed by atoms with E-state index in [-0.39, 0.29) is 5.78 Å². The number of nitrogens with one attached hydrogen (secondary N) is 1. The summed E-state index contributed by atoms with van der Waals surface area (Å²) in [7, 11) is -3.51. The molecule has 0 spiro atoms. The van der Waals surface area contributed by atoms with Crippen molar-refractivity contribution in [1.82, 2.24) is 0 Å². The van der Waals surface area contributed by atoms with Crippen molar-refractivity contribution in [3.8, 4) is 11.1 Å². The Bertz CT molecular complexity index is 1050. The summed E-state index contributed by atoms with van der Waals surface area (Å²) in [5.74, 6) is -0.176. The number of halogens is 1. The maximum Gasteiger partial charge on any atom is 0.229 e. The third-order valence-electron chi connectivity index (χ3n) is 3.77. The number of anilines is 1. The first-order valence-corrected chi connectivity index (χ1v) is 10.1. The Kier molecular flexibility index (Phi) is 5.11. The van der Waals surface area contributed by atoms with Crippen LogP contribution in [0.25, 0.3) is 11.1 Å². The molecule has 0 heterocycles. The van der Waals surface area contributed by atoms with E-state index in [0.29, 0.717) is 27.4 Å². The Hall–Kier alpha value is -2.63. The molecule has 0 atom stereocenters. The van der Waals surface area contributed by atoms with Gasteiger partial charge in [0.25, 0.3) is 0 Å². The van der Waals surface area contributed by atoms with Crippen molar-refractivity contribution in [3.63, 3.8) is 0 Å². The molecule has 3 rings (SSSR count). The first-order valence-electron chi connectivity index (χ1n) is 7.81. The van der Waals surface area contributed by atoms with E-state index < -0.39 is 10.0 Å². The molecule has 0 bridgehead atoms. The molecule has 0 amide bonds. The van der Waals surface area contributed by atoms with Crippen LogP contribution in [0.1, 0.15) is 15.9 Å². The highest BCUT2D eigenvalue weighted by molar-refractivity contribution is 7.92. The van der Waals surface area contributed by atoms with E-state index in [1.165, 1.54) is 0 Å². The van der Waals surface area contributed by atoms with Gasteiger partial charge in [-0.25, -0.2) is 8.42 Å². The summed E-state index contributed by atoms with van der Waals surface area (Å²) < 4.78 is 26.0. The third-order valence-corrected chi connectivity index (χ3v) is 4.61. The van der Waals surface area contributed by atoms with E-state index >= 15 is 0 Å². The quantitative estimate of drug-likeness (QED) is 0.652. The lowest BCUT2D eigenvalue weighted by Gasteiger charge is -2.13. The van der Waals surface area contributed by atoms with E-state index in [0.717, 1.165) is 11.8 Å². The Morgan fingerprint density at radius 1 is 0.885 bits per heavy atom. The van der Waals surface area contributed by atoms with Crippen LogP contribution >= 0.6 is 11.6 Å². The van der Waals surface area contributed by atoms with E-state index in [2.05, 4.69) is 4.72 Å². The van der Waals surface area contributed by atoms with Gasteiger partial charge in [0.05, 0.1) is 11.9 Å². The van der Waals surface area contributed by atoms with E-state index in [1.807, 2.05) is 6.07 Å².